The third-order valence-electron chi connectivity index (χ3n) is 2.29. The minimum atomic E-state index is 0.403. The molecule has 0 fully saturated rings. The van der Waals surface area contributed by atoms with E-state index in [-0.39, 0.29) is 0 Å². The summed E-state index contributed by atoms with van der Waals surface area (Å²) in [4.78, 5) is 0. The normalized spacial score (nSPS) is 11.0. The molecule has 0 saturated carbocycles. The highest BCUT2D eigenvalue weighted by atomic mass is 16.3. The van der Waals surface area contributed by atoms with Gasteiger partial charge in [-0.25, -0.2) is 0 Å². The average molecular weight is 190 g/mol. The van der Waals surface area contributed by atoms with Crippen LogP contribution in [0, 0.1) is 6.92 Å². The molecule has 1 aromatic rings. The minimum Gasteiger partial charge on any atom is -0.507 e. The smallest absolute Gasteiger partial charge is 0.125 e. The third kappa shape index (κ3) is 2.91. The quantitative estimate of drug-likeness (QED) is 0.714. The highest BCUT2D eigenvalue weighted by Crippen LogP contribution is 2.22. The van der Waals surface area contributed by atoms with Crippen molar-refractivity contribution in [1.29, 1.82) is 0 Å². The number of phenols is 1. The van der Waals surface area contributed by atoms with Crippen LogP contribution in [0.1, 0.15) is 37.3 Å². The van der Waals surface area contributed by atoms with Crippen LogP contribution < -0.4 is 0 Å². The molecule has 1 N–H and O–H groups in total. The molecule has 0 atom stereocenters. The monoisotopic (exact) mass is 190 g/mol. The molecule has 1 nitrogen and oxygen atoms in total. The standard InChI is InChI=1S/C13H18O/c1-3-4-5-6-9-12-10-7-8-11(2)13(12)14/h6-10,14H,3-5H2,1-2H3. The largest absolute Gasteiger partial charge is 0.507 e. The van der Waals surface area contributed by atoms with E-state index in [9.17, 15) is 5.11 Å². The van der Waals surface area contributed by atoms with Crippen molar-refractivity contribution in [1.82, 2.24) is 0 Å². The van der Waals surface area contributed by atoms with E-state index in [1.165, 1.54) is 12.8 Å². The zero-order valence-corrected chi connectivity index (χ0v) is 8.96. The van der Waals surface area contributed by atoms with Crippen LogP contribution in [0.25, 0.3) is 6.08 Å². The topological polar surface area (TPSA) is 20.2 Å². The molecule has 0 aliphatic carbocycles. The highest BCUT2D eigenvalue weighted by Gasteiger charge is 1.98. The molecular weight excluding hydrogens is 172 g/mol. The molecule has 0 saturated heterocycles. The Balaban J connectivity index is 2.67. The van der Waals surface area contributed by atoms with Crippen LogP contribution in [0.2, 0.25) is 0 Å². The van der Waals surface area contributed by atoms with Crippen molar-refractivity contribution in [3.05, 3.63) is 35.4 Å². The van der Waals surface area contributed by atoms with Gasteiger partial charge < -0.3 is 5.11 Å². The van der Waals surface area contributed by atoms with Gasteiger partial charge in [0.25, 0.3) is 0 Å². The van der Waals surface area contributed by atoms with Gasteiger partial charge in [-0.2, -0.15) is 0 Å². The van der Waals surface area contributed by atoms with Gasteiger partial charge in [-0.3, -0.25) is 0 Å². The number of aryl methyl sites for hydroxylation is 1. The maximum absolute atomic E-state index is 9.70. The van der Waals surface area contributed by atoms with Gasteiger partial charge in [0.05, 0.1) is 0 Å². The number of aromatic hydroxyl groups is 1. The van der Waals surface area contributed by atoms with Gasteiger partial charge in [0.2, 0.25) is 0 Å². The molecule has 0 aliphatic heterocycles. The Morgan fingerprint density at radius 3 is 2.86 bits per heavy atom. The molecule has 1 aromatic carbocycles. The summed E-state index contributed by atoms with van der Waals surface area (Å²) in [6.07, 6.45) is 7.63. The molecule has 1 rings (SSSR count). The Labute approximate surface area is 86.1 Å². The van der Waals surface area contributed by atoms with Crippen molar-refractivity contribution < 1.29 is 5.11 Å². The fourth-order valence-corrected chi connectivity index (χ4v) is 1.35. The molecule has 0 amide bonds. The summed E-state index contributed by atoms with van der Waals surface area (Å²) in [5.74, 6) is 0.403. The van der Waals surface area contributed by atoms with Crippen molar-refractivity contribution in [3.63, 3.8) is 0 Å². The van der Waals surface area contributed by atoms with Gasteiger partial charge >= 0.3 is 0 Å². The summed E-state index contributed by atoms with van der Waals surface area (Å²) >= 11 is 0. The second-order valence-corrected chi connectivity index (χ2v) is 3.56. The Morgan fingerprint density at radius 1 is 1.36 bits per heavy atom. The summed E-state index contributed by atoms with van der Waals surface area (Å²) in [6, 6.07) is 5.82. The maximum atomic E-state index is 9.70. The zero-order chi connectivity index (χ0) is 10.4. The van der Waals surface area contributed by atoms with Gasteiger partial charge in [0.15, 0.2) is 0 Å². The van der Waals surface area contributed by atoms with Crippen LogP contribution in [-0.2, 0) is 0 Å². The van der Waals surface area contributed by atoms with E-state index >= 15 is 0 Å². The second kappa shape index (κ2) is 5.48. The van der Waals surface area contributed by atoms with E-state index < -0.39 is 0 Å². The number of hydrogen-bond acceptors (Lipinski definition) is 1. The molecule has 0 spiro atoms. The van der Waals surface area contributed by atoms with E-state index in [2.05, 4.69) is 13.0 Å². The zero-order valence-electron chi connectivity index (χ0n) is 8.96. The number of rotatable bonds is 4. The first-order valence-corrected chi connectivity index (χ1v) is 5.20. The molecule has 0 unspecified atom stereocenters. The van der Waals surface area contributed by atoms with Crippen molar-refractivity contribution in [2.75, 3.05) is 0 Å². The van der Waals surface area contributed by atoms with Crippen LogP contribution in [-0.4, -0.2) is 5.11 Å². The van der Waals surface area contributed by atoms with Crippen molar-refractivity contribution in [2.24, 2.45) is 0 Å². The van der Waals surface area contributed by atoms with Crippen LogP contribution in [0.15, 0.2) is 24.3 Å². The molecule has 0 radical (unpaired) electrons. The predicted molar refractivity (Wildman–Crippen MR) is 61.4 cm³/mol. The Morgan fingerprint density at radius 2 is 2.14 bits per heavy atom. The number of allylic oxidation sites excluding steroid dienone is 1. The summed E-state index contributed by atoms with van der Waals surface area (Å²) in [7, 11) is 0. The second-order valence-electron chi connectivity index (χ2n) is 3.56. The summed E-state index contributed by atoms with van der Waals surface area (Å²) in [5.41, 5.74) is 1.85. The molecular formula is C13H18O. The van der Waals surface area contributed by atoms with E-state index in [0.29, 0.717) is 5.75 Å². The molecule has 0 aromatic heterocycles. The SMILES string of the molecule is CCCCC=Cc1cccc(C)c1O. The Kier molecular flexibility index (Phi) is 4.24. The van der Waals surface area contributed by atoms with E-state index in [0.717, 1.165) is 17.5 Å². The van der Waals surface area contributed by atoms with Gasteiger partial charge in [0, 0.05) is 5.56 Å². The van der Waals surface area contributed by atoms with Gasteiger partial charge in [-0.05, 0) is 18.9 Å². The van der Waals surface area contributed by atoms with E-state index in [4.69, 9.17) is 0 Å². The van der Waals surface area contributed by atoms with Gasteiger partial charge in [-0.15, -0.1) is 0 Å². The maximum Gasteiger partial charge on any atom is 0.125 e. The Hall–Kier alpha value is -1.24. The van der Waals surface area contributed by atoms with Crippen LogP contribution >= 0.6 is 0 Å². The lowest BCUT2D eigenvalue weighted by Gasteiger charge is -2.01. The molecule has 0 bridgehead atoms. The first-order valence-electron chi connectivity index (χ1n) is 5.20. The molecule has 14 heavy (non-hydrogen) atoms. The van der Waals surface area contributed by atoms with Crippen LogP contribution in [0.4, 0.5) is 0 Å². The van der Waals surface area contributed by atoms with E-state index in [1.807, 2.05) is 31.2 Å². The highest BCUT2D eigenvalue weighted by molar-refractivity contribution is 5.58. The molecule has 76 valence electrons. The van der Waals surface area contributed by atoms with E-state index in [1.54, 1.807) is 0 Å². The van der Waals surface area contributed by atoms with Crippen molar-refractivity contribution in [3.8, 4) is 5.75 Å². The van der Waals surface area contributed by atoms with Crippen LogP contribution in [0.5, 0.6) is 5.75 Å². The summed E-state index contributed by atoms with van der Waals surface area (Å²) in [6.45, 7) is 4.09. The van der Waals surface area contributed by atoms with Gasteiger partial charge in [-0.1, -0.05) is 50.1 Å². The Bertz CT molecular complexity index is 313. The van der Waals surface area contributed by atoms with Crippen molar-refractivity contribution >= 4 is 6.08 Å². The predicted octanol–water partition coefficient (Wildman–Crippen LogP) is 3.90. The van der Waals surface area contributed by atoms with Crippen LogP contribution in [0.3, 0.4) is 0 Å². The first-order chi connectivity index (χ1) is 6.75. The number of hydrogen-bond donors (Lipinski definition) is 1. The lowest BCUT2D eigenvalue weighted by Crippen LogP contribution is -1.78. The molecule has 0 aliphatic rings. The summed E-state index contributed by atoms with van der Waals surface area (Å²) in [5, 5.41) is 9.70. The number of unbranched alkanes of at least 4 members (excludes halogenated alkanes) is 2. The number of para-hydroxylation sites is 1. The third-order valence-corrected chi connectivity index (χ3v) is 2.29. The molecule has 0 heterocycles. The lowest BCUT2D eigenvalue weighted by atomic mass is 10.1. The minimum absolute atomic E-state index is 0.403. The van der Waals surface area contributed by atoms with Crippen molar-refractivity contribution in [2.45, 2.75) is 33.1 Å². The fraction of sp³-hybridized carbons (Fsp3) is 0.385. The number of benzene rings is 1. The lowest BCUT2D eigenvalue weighted by molar-refractivity contribution is 0.470. The fourth-order valence-electron chi connectivity index (χ4n) is 1.35. The van der Waals surface area contributed by atoms with Gasteiger partial charge in [0.1, 0.15) is 5.75 Å². The average Bonchev–Trinajstić information content (AvgIpc) is 2.19. The first kappa shape index (κ1) is 10.8. The summed E-state index contributed by atoms with van der Waals surface area (Å²) < 4.78 is 0. The molecule has 1 heteroatoms. The number of phenolic OH excluding ortho intramolecular Hbond substituents is 1.